The SMILES string of the molecule is C=Nc1cc(=O)n(C23CC(C2)C3)cc1/C(=N\C)N[C@H](C)c1cccc2c1CCC2=O. The number of hydrogen-bond donors (Lipinski definition) is 1. The van der Waals surface area contributed by atoms with Crippen molar-refractivity contribution in [1.29, 1.82) is 0 Å². The third-order valence-electron chi connectivity index (χ3n) is 7.13. The summed E-state index contributed by atoms with van der Waals surface area (Å²) in [5, 5.41) is 3.50. The van der Waals surface area contributed by atoms with E-state index in [1.807, 2.05) is 22.9 Å². The highest BCUT2D eigenvalue weighted by atomic mass is 16.1. The summed E-state index contributed by atoms with van der Waals surface area (Å²) in [5.74, 6) is 1.66. The van der Waals surface area contributed by atoms with E-state index in [0.29, 0.717) is 17.9 Å². The third-order valence-corrected chi connectivity index (χ3v) is 7.13. The van der Waals surface area contributed by atoms with E-state index in [1.165, 1.54) is 0 Å². The van der Waals surface area contributed by atoms with Crippen LogP contribution < -0.4 is 10.9 Å². The number of carbonyl (C=O) groups is 1. The second-order valence-electron chi connectivity index (χ2n) is 8.88. The van der Waals surface area contributed by atoms with Crippen LogP contribution >= 0.6 is 0 Å². The van der Waals surface area contributed by atoms with Gasteiger partial charge in [-0.1, -0.05) is 18.2 Å². The molecule has 1 N–H and O–H groups in total. The minimum absolute atomic E-state index is 0.0126. The molecule has 154 valence electrons. The lowest BCUT2D eigenvalue weighted by Crippen LogP contribution is -2.62. The number of rotatable bonds is 5. The Morgan fingerprint density at radius 2 is 2.03 bits per heavy atom. The minimum Gasteiger partial charge on any atom is -0.363 e. The first-order valence-electron chi connectivity index (χ1n) is 10.6. The highest BCUT2D eigenvalue weighted by molar-refractivity contribution is 6.03. The number of Topliss-reactive ketones (excluding diaryl/α,β-unsaturated/α-hetero) is 1. The number of nitrogens with one attached hydrogen (secondary N) is 1. The molecule has 2 aromatic rings. The predicted octanol–water partition coefficient (Wildman–Crippen LogP) is 3.55. The number of aromatic nitrogens is 1. The fourth-order valence-corrected chi connectivity index (χ4v) is 5.40. The van der Waals surface area contributed by atoms with Gasteiger partial charge in [0.2, 0.25) is 0 Å². The average molecular weight is 402 g/mol. The molecular weight excluding hydrogens is 376 g/mol. The van der Waals surface area contributed by atoms with Crippen molar-refractivity contribution in [3.05, 3.63) is 63.1 Å². The molecule has 0 aliphatic heterocycles. The van der Waals surface area contributed by atoms with E-state index in [1.54, 1.807) is 13.1 Å². The maximum absolute atomic E-state index is 12.7. The zero-order valence-corrected chi connectivity index (χ0v) is 17.4. The number of benzene rings is 1. The van der Waals surface area contributed by atoms with Gasteiger partial charge in [0.25, 0.3) is 5.56 Å². The van der Waals surface area contributed by atoms with Gasteiger partial charge >= 0.3 is 0 Å². The molecule has 0 amide bonds. The van der Waals surface area contributed by atoms with Crippen LogP contribution in [0.25, 0.3) is 0 Å². The fraction of sp³-hybridized carbons (Fsp3) is 0.417. The summed E-state index contributed by atoms with van der Waals surface area (Å²) in [4.78, 5) is 33.4. The van der Waals surface area contributed by atoms with E-state index < -0.39 is 0 Å². The highest BCUT2D eigenvalue weighted by Crippen LogP contribution is 2.61. The number of nitrogens with zero attached hydrogens (tertiary/aromatic N) is 3. The lowest BCUT2D eigenvalue weighted by atomic mass is 9.49. The zero-order valence-electron chi connectivity index (χ0n) is 17.4. The van der Waals surface area contributed by atoms with Crippen molar-refractivity contribution < 1.29 is 4.79 Å². The van der Waals surface area contributed by atoms with E-state index in [2.05, 4.69) is 35.0 Å². The van der Waals surface area contributed by atoms with E-state index in [0.717, 1.165) is 53.9 Å². The standard InChI is InChI=1S/C24H26N4O2/c1-14(16-5-4-6-18-17(16)7-8-21(18)29)27-23(26-3)19-13-28(22(30)9-20(19)25-2)24-10-15(11-24)12-24/h4-6,9,13-15H,2,7-8,10-12H2,1,3H3,(H,26,27)/t14-,15?,24?/m1/s1. The van der Waals surface area contributed by atoms with Crippen LogP contribution in [-0.2, 0) is 12.0 Å². The van der Waals surface area contributed by atoms with Gasteiger partial charge < -0.3 is 9.88 Å². The number of hydrogen-bond acceptors (Lipinski definition) is 4. The maximum atomic E-state index is 12.7. The normalized spacial score (nSPS) is 25.2. The Balaban J connectivity index is 1.49. The highest BCUT2D eigenvalue weighted by Gasteiger charge is 2.58. The summed E-state index contributed by atoms with van der Waals surface area (Å²) in [7, 11) is 1.73. The Hall–Kier alpha value is -3.02. The summed E-state index contributed by atoms with van der Waals surface area (Å²) in [6, 6.07) is 7.45. The summed E-state index contributed by atoms with van der Waals surface area (Å²) in [5.41, 5.74) is 4.36. The molecule has 1 aromatic carbocycles. The van der Waals surface area contributed by atoms with Crippen molar-refractivity contribution in [2.75, 3.05) is 7.05 Å². The van der Waals surface area contributed by atoms with Gasteiger partial charge in [-0.2, -0.15) is 0 Å². The van der Waals surface area contributed by atoms with Crippen molar-refractivity contribution in [3.63, 3.8) is 0 Å². The van der Waals surface area contributed by atoms with Crippen molar-refractivity contribution in [3.8, 4) is 0 Å². The molecule has 1 heterocycles. The zero-order chi connectivity index (χ0) is 21.0. The molecule has 0 spiro atoms. The molecule has 4 aliphatic rings. The molecule has 3 saturated carbocycles. The number of carbonyl (C=O) groups excluding carboxylic acids is 1. The van der Waals surface area contributed by atoms with Crippen LogP contribution in [0, 0.1) is 5.92 Å². The summed E-state index contributed by atoms with van der Waals surface area (Å²) < 4.78 is 1.88. The predicted molar refractivity (Wildman–Crippen MR) is 118 cm³/mol. The van der Waals surface area contributed by atoms with E-state index in [4.69, 9.17) is 0 Å². The Labute approximate surface area is 175 Å². The molecular formula is C24H26N4O2. The van der Waals surface area contributed by atoms with Crippen molar-refractivity contribution >= 4 is 24.0 Å². The lowest BCUT2D eigenvalue weighted by molar-refractivity contribution is -0.0914. The smallest absolute Gasteiger partial charge is 0.253 e. The quantitative estimate of drug-likeness (QED) is 0.614. The Bertz CT molecular complexity index is 1140. The first-order chi connectivity index (χ1) is 14.5. The van der Waals surface area contributed by atoms with Crippen LogP contribution in [0.15, 0.2) is 45.2 Å². The number of pyridine rings is 1. The van der Waals surface area contributed by atoms with Crippen molar-refractivity contribution in [2.45, 2.75) is 50.6 Å². The van der Waals surface area contributed by atoms with Crippen molar-refractivity contribution in [1.82, 2.24) is 9.88 Å². The fourth-order valence-electron chi connectivity index (χ4n) is 5.40. The summed E-state index contributed by atoms with van der Waals surface area (Å²) >= 11 is 0. The maximum Gasteiger partial charge on any atom is 0.253 e. The molecule has 30 heavy (non-hydrogen) atoms. The first-order valence-corrected chi connectivity index (χ1v) is 10.6. The monoisotopic (exact) mass is 402 g/mol. The summed E-state index contributed by atoms with van der Waals surface area (Å²) in [6.45, 7) is 5.73. The van der Waals surface area contributed by atoms with Crippen molar-refractivity contribution in [2.24, 2.45) is 15.9 Å². The van der Waals surface area contributed by atoms with Gasteiger partial charge in [-0.15, -0.1) is 0 Å². The van der Waals surface area contributed by atoms with Gasteiger partial charge in [-0.3, -0.25) is 19.6 Å². The second-order valence-corrected chi connectivity index (χ2v) is 8.88. The molecule has 6 heteroatoms. The molecule has 2 bridgehead atoms. The van der Waals surface area contributed by atoms with Gasteiger partial charge in [0.05, 0.1) is 17.3 Å². The van der Waals surface area contributed by atoms with Gasteiger partial charge in [-0.25, -0.2) is 0 Å². The number of amidine groups is 1. The average Bonchev–Trinajstić information content (AvgIpc) is 3.06. The van der Waals surface area contributed by atoms with E-state index in [-0.39, 0.29) is 22.9 Å². The van der Waals surface area contributed by atoms with E-state index >= 15 is 0 Å². The third kappa shape index (κ3) is 2.70. The summed E-state index contributed by atoms with van der Waals surface area (Å²) in [6.07, 6.45) is 6.51. The molecule has 6 nitrogen and oxygen atoms in total. The van der Waals surface area contributed by atoms with Crippen LogP contribution in [-0.4, -0.2) is 30.0 Å². The lowest BCUT2D eigenvalue weighted by Gasteiger charge is -2.62. The van der Waals surface area contributed by atoms with Gasteiger partial charge in [0.1, 0.15) is 5.84 Å². The van der Waals surface area contributed by atoms with Crippen LogP contribution in [0.3, 0.4) is 0 Å². The molecule has 6 rings (SSSR count). The minimum atomic E-state index is -0.0439. The van der Waals surface area contributed by atoms with Gasteiger partial charge in [-0.05, 0) is 56.4 Å². The topological polar surface area (TPSA) is 75.8 Å². The largest absolute Gasteiger partial charge is 0.363 e. The Morgan fingerprint density at radius 1 is 1.27 bits per heavy atom. The molecule has 0 radical (unpaired) electrons. The Kier molecular flexibility index (Phi) is 4.27. The number of fused-ring (bicyclic) bond motifs is 1. The molecule has 0 saturated heterocycles. The van der Waals surface area contributed by atoms with Crippen LogP contribution in [0.4, 0.5) is 5.69 Å². The van der Waals surface area contributed by atoms with Gasteiger partial charge in [0.15, 0.2) is 5.78 Å². The molecule has 1 aromatic heterocycles. The van der Waals surface area contributed by atoms with E-state index in [9.17, 15) is 9.59 Å². The number of ketones is 1. The number of aliphatic imine (C=N–C) groups is 2. The van der Waals surface area contributed by atoms with Crippen LogP contribution in [0.5, 0.6) is 0 Å². The van der Waals surface area contributed by atoms with Gasteiger partial charge in [0, 0.05) is 36.8 Å². The molecule has 4 aliphatic carbocycles. The second kappa shape index (κ2) is 6.76. The Morgan fingerprint density at radius 3 is 2.67 bits per heavy atom. The molecule has 0 unspecified atom stereocenters. The molecule has 3 fully saturated rings. The van der Waals surface area contributed by atoms with Crippen LogP contribution in [0.1, 0.15) is 65.7 Å². The van der Waals surface area contributed by atoms with Crippen LogP contribution in [0.2, 0.25) is 0 Å². The molecule has 1 atom stereocenters. The first kappa shape index (κ1) is 19.0.